The van der Waals surface area contributed by atoms with Crippen LogP contribution in [0.4, 0.5) is 41.2 Å². The monoisotopic (exact) mass is 677 g/mol. The number of rotatable bonds is 6. The number of amides is 2. The molecule has 3 fully saturated rings. The van der Waals surface area contributed by atoms with Crippen molar-refractivity contribution < 1.29 is 54.9 Å². The molecule has 2 aromatic rings. The fraction of sp³-hybridized carbons (Fsp3) is 0.562. The molecule has 0 radical (unpaired) electrons. The first-order chi connectivity index (χ1) is 22.1. The maximum absolute atomic E-state index is 14.5. The van der Waals surface area contributed by atoms with E-state index in [-0.39, 0.29) is 17.5 Å². The summed E-state index contributed by atoms with van der Waals surface area (Å²) in [5, 5.41) is 12.4. The summed E-state index contributed by atoms with van der Waals surface area (Å²) in [5.41, 5.74) is -0.814. The van der Waals surface area contributed by atoms with Gasteiger partial charge in [0.15, 0.2) is 17.3 Å². The predicted molar refractivity (Wildman–Crippen MR) is 158 cm³/mol. The van der Waals surface area contributed by atoms with Crippen molar-refractivity contribution in [2.75, 3.05) is 26.1 Å². The first-order valence-electron chi connectivity index (χ1n) is 15.3. The van der Waals surface area contributed by atoms with Crippen LogP contribution in [0.1, 0.15) is 68.9 Å². The Balaban J connectivity index is 0.000000644. The number of halogens is 7. The lowest BCUT2D eigenvalue weighted by molar-refractivity contribution is -0.192. The lowest BCUT2D eigenvalue weighted by atomic mass is 9.64. The van der Waals surface area contributed by atoms with Crippen molar-refractivity contribution in [3.8, 4) is 11.5 Å². The van der Waals surface area contributed by atoms with E-state index in [1.165, 1.54) is 24.8 Å². The van der Waals surface area contributed by atoms with Gasteiger partial charge in [0, 0.05) is 23.5 Å². The summed E-state index contributed by atoms with van der Waals surface area (Å²) in [4.78, 5) is 24.4. The van der Waals surface area contributed by atoms with E-state index in [0.717, 1.165) is 44.4 Å². The van der Waals surface area contributed by atoms with E-state index in [1.807, 2.05) is 6.07 Å². The molecule has 0 aromatic heterocycles. The minimum Gasteiger partial charge on any atom is -0.493 e. The van der Waals surface area contributed by atoms with Crippen LogP contribution in [0.3, 0.4) is 0 Å². The third-order valence-corrected chi connectivity index (χ3v) is 9.43. The topological polar surface area (TPSA) is 100 Å². The van der Waals surface area contributed by atoms with E-state index in [4.69, 9.17) is 19.4 Å². The quantitative estimate of drug-likeness (QED) is 0.274. The number of hydrogen-bond acceptors (Lipinski definition) is 5. The van der Waals surface area contributed by atoms with Crippen molar-refractivity contribution in [3.63, 3.8) is 0 Å². The fourth-order valence-corrected chi connectivity index (χ4v) is 7.24. The molecule has 47 heavy (non-hydrogen) atoms. The molecule has 260 valence electrons. The summed E-state index contributed by atoms with van der Waals surface area (Å²) in [6.45, 7) is 0.970. The van der Waals surface area contributed by atoms with E-state index < -0.39 is 41.4 Å². The molecular formula is C32H38F7N3O5. The van der Waals surface area contributed by atoms with Crippen molar-refractivity contribution in [3.05, 3.63) is 53.3 Å². The van der Waals surface area contributed by atoms with Gasteiger partial charge in [-0.3, -0.25) is 4.90 Å². The highest BCUT2D eigenvalue weighted by Gasteiger charge is 2.53. The average Bonchev–Trinajstić information content (AvgIpc) is 3.41. The number of alkyl halides is 6. The van der Waals surface area contributed by atoms with Crippen LogP contribution >= 0.6 is 0 Å². The third-order valence-electron chi connectivity index (χ3n) is 9.43. The molecule has 3 N–H and O–H groups in total. The lowest BCUT2D eigenvalue weighted by Gasteiger charge is -2.47. The zero-order valence-corrected chi connectivity index (χ0v) is 25.9. The maximum Gasteiger partial charge on any atom is 0.490 e. The molecule has 8 nitrogen and oxygen atoms in total. The van der Waals surface area contributed by atoms with Gasteiger partial charge in [-0.25, -0.2) is 14.0 Å². The number of carbonyl (C=O) groups is 2. The first-order valence-corrected chi connectivity index (χ1v) is 15.3. The highest BCUT2D eigenvalue weighted by molar-refractivity contribution is 5.89. The number of aliphatic carboxylic acids is 1. The van der Waals surface area contributed by atoms with E-state index >= 15 is 0 Å². The highest BCUT2D eigenvalue weighted by atomic mass is 19.4. The number of methoxy groups -OCH3 is 2. The van der Waals surface area contributed by atoms with Gasteiger partial charge in [-0.1, -0.05) is 31.4 Å². The zero-order chi connectivity index (χ0) is 34.6. The third kappa shape index (κ3) is 8.22. The number of hydrogen-bond donors (Lipinski definition) is 3. The number of nitrogens with zero attached hydrogens (tertiary/aromatic N) is 1. The number of carbonyl (C=O) groups excluding carboxylic acids is 1. The smallest absolute Gasteiger partial charge is 0.490 e. The number of carboxylic acid groups (broad SMARTS) is 1. The van der Waals surface area contributed by atoms with E-state index in [9.17, 15) is 35.5 Å². The van der Waals surface area contributed by atoms with Gasteiger partial charge in [-0.15, -0.1) is 0 Å². The van der Waals surface area contributed by atoms with Crippen LogP contribution < -0.4 is 20.1 Å². The van der Waals surface area contributed by atoms with Gasteiger partial charge < -0.3 is 25.2 Å². The highest BCUT2D eigenvalue weighted by Crippen LogP contribution is 2.52. The lowest BCUT2D eigenvalue weighted by Crippen LogP contribution is -2.55. The number of urea groups is 1. The van der Waals surface area contributed by atoms with Crippen molar-refractivity contribution in [1.29, 1.82) is 0 Å². The van der Waals surface area contributed by atoms with Gasteiger partial charge in [-0.2, -0.15) is 26.3 Å². The summed E-state index contributed by atoms with van der Waals surface area (Å²) < 4.78 is 96.7. The molecule has 3 unspecified atom stereocenters. The second-order valence-electron chi connectivity index (χ2n) is 12.1. The number of carboxylic acids is 1. The SMILES string of the molecule is COc1ccc(C23CCC(NC(=O)Nc4cccc(C(F)(F)F)c4F)CC2N(C2CCCCC2)CC3)cc1OC.O=C(O)C(F)(F)F. The summed E-state index contributed by atoms with van der Waals surface area (Å²) in [6.07, 6.45) is -0.708. The number of nitrogens with one attached hydrogen (secondary N) is 2. The molecule has 3 atom stereocenters. The molecule has 2 amide bonds. The van der Waals surface area contributed by atoms with Gasteiger partial charge in [-0.05, 0) is 74.9 Å². The molecule has 1 saturated heterocycles. The average molecular weight is 678 g/mol. The molecule has 1 heterocycles. The van der Waals surface area contributed by atoms with Gasteiger partial charge >= 0.3 is 24.4 Å². The molecular weight excluding hydrogens is 639 g/mol. The van der Waals surface area contributed by atoms with Crippen molar-refractivity contribution in [2.24, 2.45) is 0 Å². The molecule has 15 heteroatoms. The second kappa shape index (κ2) is 14.6. The zero-order valence-electron chi connectivity index (χ0n) is 25.9. The molecule has 0 spiro atoms. The molecule has 2 aromatic carbocycles. The Labute approximate surface area is 267 Å². The van der Waals surface area contributed by atoms with Crippen LogP contribution in [0.15, 0.2) is 36.4 Å². The number of anilines is 1. The predicted octanol–water partition coefficient (Wildman–Crippen LogP) is 7.51. The van der Waals surface area contributed by atoms with Crippen LogP contribution in [-0.4, -0.2) is 67.1 Å². The van der Waals surface area contributed by atoms with Crippen LogP contribution in [0.2, 0.25) is 0 Å². The first kappa shape index (κ1) is 36.1. The summed E-state index contributed by atoms with van der Waals surface area (Å²) in [6, 6.07) is 8.79. The van der Waals surface area contributed by atoms with Crippen molar-refractivity contribution in [1.82, 2.24) is 10.2 Å². The molecule has 2 aliphatic carbocycles. The molecule has 0 bridgehead atoms. The number of fused-ring (bicyclic) bond motifs is 1. The maximum atomic E-state index is 14.5. The second-order valence-corrected chi connectivity index (χ2v) is 12.1. The van der Waals surface area contributed by atoms with E-state index in [1.54, 1.807) is 14.2 Å². The summed E-state index contributed by atoms with van der Waals surface area (Å²) in [5.74, 6) is -2.88. The summed E-state index contributed by atoms with van der Waals surface area (Å²) in [7, 11) is 3.25. The van der Waals surface area contributed by atoms with Crippen LogP contribution in [0.25, 0.3) is 0 Å². The van der Waals surface area contributed by atoms with Crippen molar-refractivity contribution in [2.45, 2.75) is 93.7 Å². The largest absolute Gasteiger partial charge is 0.493 e. The standard InChI is InChI=1S/C30H37F4N3O3.C2HF3O2/c1-39-24-12-11-19(17-25(24)40-2)29-14-13-20(18-26(29)37(16-15-29)21-7-4-3-5-8-21)35-28(38)36-23-10-6-9-22(27(23)31)30(32,33)34;3-2(4,5)1(6)7/h6,9-12,17,20-21,26H,3-5,7-8,13-16,18H2,1-2H3,(H2,35,36,38);(H,6,7). The normalized spacial score (nSPS) is 23.6. The Morgan fingerprint density at radius 1 is 0.936 bits per heavy atom. The Morgan fingerprint density at radius 3 is 2.19 bits per heavy atom. The fourth-order valence-electron chi connectivity index (χ4n) is 7.24. The van der Waals surface area contributed by atoms with E-state index in [2.05, 4.69) is 27.7 Å². The van der Waals surface area contributed by atoms with E-state index in [0.29, 0.717) is 36.4 Å². The van der Waals surface area contributed by atoms with Gasteiger partial charge in [0.2, 0.25) is 0 Å². The Hall–Kier alpha value is -3.75. The van der Waals surface area contributed by atoms with Gasteiger partial charge in [0.25, 0.3) is 0 Å². The Bertz CT molecular complexity index is 1410. The number of likely N-dealkylation sites (tertiary alicyclic amines) is 1. The van der Waals surface area contributed by atoms with Crippen LogP contribution in [0.5, 0.6) is 11.5 Å². The minimum atomic E-state index is -5.08. The Kier molecular flexibility index (Phi) is 11.2. The van der Waals surface area contributed by atoms with Gasteiger partial charge in [0.1, 0.15) is 0 Å². The minimum absolute atomic E-state index is 0.112. The van der Waals surface area contributed by atoms with Crippen LogP contribution in [-0.2, 0) is 16.4 Å². The molecule has 2 saturated carbocycles. The number of benzene rings is 2. The molecule has 1 aliphatic heterocycles. The number of ether oxygens (including phenoxy) is 2. The van der Waals surface area contributed by atoms with Gasteiger partial charge in [0.05, 0.1) is 25.5 Å². The van der Waals surface area contributed by atoms with Crippen LogP contribution in [0, 0.1) is 5.82 Å². The van der Waals surface area contributed by atoms with Crippen molar-refractivity contribution >= 4 is 17.7 Å². The summed E-state index contributed by atoms with van der Waals surface area (Å²) >= 11 is 0. The molecule has 5 rings (SSSR count). The Morgan fingerprint density at radius 2 is 1.60 bits per heavy atom. The molecule has 3 aliphatic rings.